The third kappa shape index (κ3) is 7.16. The Morgan fingerprint density at radius 2 is 1.47 bits per heavy atom. The Bertz CT molecular complexity index is 230. The summed E-state index contributed by atoms with van der Waals surface area (Å²) >= 11 is 0. The van der Waals surface area contributed by atoms with Gasteiger partial charge in [-0.2, -0.15) is 0 Å². The van der Waals surface area contributed by atoms with Crippen LogP contribution in [0.2, 0.25) is 6.04 Å². The van der Waals surface area contributed by atoms with Crippen molar-refractivity contribution in [1.82, 2.24) is 0 Å². The summed E-state index contributed by atoms with van der Waals surface area (Å²) in [4.78, 5) is 0. The average Bonchev–Trinajstić information content (AvgIpc) is 3.31. The largest absolute Gasteiger partial charge is 0.504 e. The normalized spacial score (nSPS) is 24.4. The van der Waals surface area contributed by atoms with E-state index in [-0.39, 0.29) is 0 Å². The molecule has 6 nitrogen and oxygen atoms in total. The zero-order chi connectivity index (χ0) is 14.1. The summed E-state index contributed by atoms with van der Waals surface area (Å²) in [7, 11) is 2.42. The Balaban J connectivity index is 0.000000190. The SMILES string of the molecule is C(OCC1CO1)C1CO1.C=CC[Si](OC)(OC)OC. The van der Waals surface area contributed by atoms with Crippen LogP contribution < -0.4 is 0 Å². The van der Waals surface area contributed by atoms with Crippen molar-refractivity contribution in [2.45, 2.75) is 18.3 Å². The molecule has 0 saturated carbocycles. The molecule has 2 rings (SSSR count). The molecule has 7 heteroatoms. The lowest BCUT2D eigenvalue weighted by molar-refractivity contribution is 0.102. The lowest BCUT2D eigenvalue weighted by Gasteiger charge is -2.22. The molecule has 2 fully saturated rings. The van der Waals surface area contributed by atoms with E-state index in [0.717, 1.165) is 26.4 Å². The second-order valence-corrected chi connectivity index (χ2v) is 7.24. The lowest BCUT2D eigenvalue weighted by Crippen LogP contribution is -2.41. The van der Waals surface area contributed by atoms with Crippen LogP contribution in [0.25, 0.3) is 0 Å². The van der Waals surface area contributed by atoms with Gasteiger partial charge in [0, 0.05) is 27.4 Å². The molecule has 0 N–H and O–H groups in total. The van der Waals surface area contributed by atoms with E-state index in [1.54, 1.807) is 27.4 Å². The molecule has 2 unspecified atom stereocenters. The third-order valence-electron chi connectivity index (χ3n) is 2.74. The number of hydrogen-bond acceptors (Lipinski definition) is 6. The van der Waals surface area contributed by atoms with Crippen LogP contribution in [0.4, 0.5) is 0 Å². The topological polar surface area (TPSA) is 62.0 Å². The van der Waals surface area contributed by atoms with E-state index in [1.165, 1.54) is 0 Å². The number of rotatable bonds is 9. The van der Waals surface area contributed by atoms with E-state index >= 15 is 0 Å². The van der Waals surface area contributed by atoms with E-state index in [4.69, 9.17) is 27.5 Å². The van der Waals surface area contributed by atoms with E-state index in [2.05, 4.69) is 6.58 Å². The Labute approximate surface area is 115 Å². The van der Waals surface area contributed by atoms with Crippen molar-refractivity contribution >= 4 is 8.80 Å². The second kappa shape index (κ2) is 8.80. The maximum Gasteiger partial charge on any atom is 0.504 e. The van der Waals surface area contributed by atoms with Crippen LogP contribution in [0, 0.1) is 0 Å². The fraction of sp³-hybridized carbons (Fsp3) is 0.833. The third-order valence-corrected chi connectivity index (χ3v) is 5.39. The number of allylic oxidation sites excluding steroid dienone is 1. The highest BCUT2D eigenvalue weighted by molar-refractivity contribution is 6.61. The molecule has 0 aromatic carbocycles. The standard InChI is InChI=1S/C6H14O3Si.C6H10O3/c1-5-6-10(7-2,8-3)9-4;1(5-3-8-5)7-2-6-4-9-6/h5H,1,6H2,2-4H3;5-6H,1-4H2. The molecular weight excluding hydrogens is 268 g/mol. The molecule has 0 aromatic heterocycles. The Morgan fingerprint density at radius 1 is 1.05 bits per heavy atom. The minimum absolute atomic E-state index is 0.392. The Morgan fingerprint density at radius 3 is 1.68 bits per heavy atom. The summed E-state index contributed by atoms with van der Waals surface area (Å²) in [5.41, 5.74) is 0. The molecule has 2 heterocycles. The van der Waals surface area contributed by atoms with Crippen LogP contribution in [0.1, 0.15) is 0 Å². The minimum Gasteiger partial charge on any atom is -0.377 e. The lowest BCUT2D eigenvalue weighted by atomic mass is 10.5. The van der Waals surface area contributed by atoms with E-state index in [0.29, 0.717) is 18.3 Å². The van der Waals surface area contributed by atoms with Crippen molar-refractivity contribution in [2.75, 3.05) is 47.8 Å². The quantitative estimate of drug-likeness (QED) is 0.357. The van der Waals surface area contributed by atoms with Gasteiger partial charge in [0.25, 0.3) is 0 Å². The van der Waals surface area contributed by atoms with Gasteiger partial charge in [0.15, 0.2) is 0 Å². The van der Waals surface area contributed by atoms with Gasteiger partial charge in [-0.15, -0.1) is 6.58 Å². The van der Waals surface area contributed by atoms with Crippen LogP contribution in [0.5, 0.6) is 0 Å². The first-order valence-electron chi connectivity index (χ1n) is 6.27. The van der Waals surface area contributed by atoms with Crippen LogP contribution in [0.3, 0.4) is 0 Å². The molecule has 0 amide bonds. The van der Waals surface area contributed by atoms with Crippen molar-refractivity contribution in [3.63, 3.8) is 0 Å². The summed E-state index contributed by atoms with van der Waals surface area (Å²) < 4.78 is 30.4. The fourth-order valence-electron chi connectivity index (χ4n) is 1.34. The Hall–Kier alpha value is -0.283. The molecule has 19 heavy (non-hydrogen) atoms. The van der Waals surface area contributed by atoms with Gasteiger partial charge in [-0.05, 0) is 0 Å². The number of hydrogen-bond donors (Lipinski definition) is 0. The average molecular weight is 292 g/mol. The molecule has 0 radical (unpaired) electrons. The van der Waals surface area contributed by atoms with E-state index < -0.39 is 8.80 Å². The molecule has 0 bridgehead atoms. The van der Waals surface area contributed by atoms with Gasteiger partial charge in [-0.25, -0.2) is 0 Å². The second-order valence-electron chi connectivity index (χ2n) is 4.24. The maximum absolute atomic E-state index is 5.23. The monoisotopic (exact) mass is 292 g/mol. The molecule has 0 aromatic rings. The van der Waals surface area contributed by atoms with Crippen molar-refractivity contribution in [2.24, 2.45) is 0 Å². The van der Waals surface area contributed by atoms with Gasteiger partial charge >= 0.3 is 8.80 Å². The summed E-state index contributed by atoms with van der Waals surface area (Å²) in [5.74, 6) is 0. The van der Waals surface area contributed by atoms with Gasteiger partial charge in [0.1, 0.15) is 12.2 Å². The summed E-state index contributed by atoms with van der Waals surface area (Å²) in [6.07, 6.45) is 2.52. The van der Waals surface area contributed by atoms with Gasteiger partial charge < -0.3 is 27.5 Å². The first-order chi connectivity index (χ1) is 9.19. The summed E-state index contributed by atoms with van der Waals surface area (Å²) in [6.45, 7) is 6.84. The molecule has 2 aliphatic rings. The number of ether oxygens (including phenoxy) is 3. The zero-order valence-corrected chi connectivity index (χ0v) is 12.9. The molecule has 0 spiro atoms. The van der Waals surface area contributed by atoms with Crippen LogP contribution in [-0.2, 0) is 27.5 Å². The predicted octanol–water partition coefficient (Wildman–Crippen LogP) is 0.851. The van der Waals surface area contributed by atoms with Crippen molar-refractivity contribution in [3.05, 3.63) is 12.7 Å². The first kappa shape index (κ1) is 16.8. The fourth-order valence-corrected chi connectivity index (χ4v) is 2.69. The van der Waals surface area contributed by atoms with E-state index in [9.17, 15) is 0 Å². The molecular formula is C12H24O6Si. The van der Waals surface area contributed by atoms with Crippen LogP contribution in [-0.4, -0.2) is 68.8 Å². The molecule has 0 aliphatic carbocycles. The molecule has 2 aliphatic heterocycles. The van der Waals surface area contributed by atoms with Crippen LogP contribution in [0.15, 0.2) is 12.7 Å². The van der Waals surface area contributed by atoms with E-state index in [1.807, 2.05) is 0 Å². The summed E-state index contributed by atoms with van der Waals surface area (Å²) in [5, 5.41) is 0. The highest BCUT2D eigenvalue weighted by atomic mass is 28.4. The molecule has 2 atom stereocenters. The highest BCUT2D eigenvalue weighted by Gasteiger charge is 2.35. The zero-order valence-electron chi connectivity index (χ0n) is 11.9. The molecule has 112 valence electrons. The van der Waals surface area contributed by atoms with Crippen molar-refractivity contribution in [3.8, 4) is 0 Å². The summed E-state index contributed by atoms with van der Waals surface area (Å²) in [6, 6.07) is 0.649. The maximum atomic E-state index is 5.23. The van der Waals surface area contributed by atoms with Gasteiger partial charge in [0.2, 0.25) is 0 Å². The highest BCUT2D eigenvalue weighted by Crippen LogP contribution is 2.12. The van der Waals surface area contributed by atoms with Crippen molar-refractivity contribution < 1.29 is 27.5 Å². The van der Waals surface area contributed by atoms with Crippen molar-refractivity contribution in [1.29, 1.82) is 0 Å². The Kier molecular flexibility index (Phi) is 7.77. The van der Waals surface area contributed by atoms with Crippen LogP contribution >= 0.6 is 0 Å². The predicted molar refractivity (Wildman–Crippen MR) is 72.1 cm³/mol. The van der Waals surface area contributed by atoms with Gasteiger partial charge in [-0.3, -0.25) is 0 Å². The smallest absolute Gasteiger partial charge is 0.377 e. The molecule has 2 saturated heterocycles. The minimum atomic E-state index is -2.34. The first-order valence-corrected chi connectivity index (χ1v) is 8.20. The van der Waals surface area contributed by atoms with Gasteiger partial charge in [-0.1, -0.05) is 6.08 Å². The van der Waals surface area contributed by atoms with Gasteiger partial charge in [0.05, 0.1) is 26.4 Å². The number of epoxide rings is 2.